The molecule has 0 radical (unpaired) electrons. The summed E-state index contributed by atoms with van der Waals surface area (Å²) in [6.45, 7) is 15.9. The number of hydrogen-bond acceptors (Lipinski definition) is 2. The van der Waals surface area contributed by atoms with E-state index < -0.39 is 5.60 Å². The Hall–Kier alpha value is -0.0800. The second-order valence-corrected chi connectivity index (χ2v) is 7.48. The van der Waals surface area contributed by atoms with E-state index in [1.165, 1.54) is 0 Å². The quantitative estimate of drug-likeness (QED) is 0.758. The number of rotatable bonds is 5. The molecule has 1 atom stereocenters. The van der Waals surface area contributed by atoms with E-state index in [9.17, 15) is 5.11 Å². The highest BCUT2D eigenvalue weighted by molar-refractivity contribution is 4.79. The first-order chi connectivity index (χ1) is 6.91. The largest absolute Gasteiger partial charge is 0.390 e. The molecule has 0 saturated carbocycles. The lowest BCUT2D eigenvalue weighted by molar-refractivity contribution is 0.0299. The van der Waals surface area contributed by atoms with E-state index in [-0.39, 0.29) is 5.54 Å². The second-order valence-electron chi connectivity index (χ2n) is 7.48. The maximum atomic E-state index is 10.2. The van der Waals surface area contributed by atoms with Crippen molar-refractivity contribution >= 4 is 0 Å². The topological polar surface area (TPSA) is 32.3 Å². The third-order valence-electron chi connectivity index (χ3n) is 2.73. The molecule has 16 heavy (non-hydrogen) atoms. The minimum Gasteiger partial charge on any atom is -0.390 e. The SMILES string of the molecule is CC(C)(C)CCC(C)(O)CCNC(C)(C)C. The van der Waals surface area contributed by atoms with Crippen LogP contribution >= 0.6 is 0 Å². The highest BCUT2D eigenvalue weighted by atomic mass is 16.3. The molecule has 2 heteroatoms. The van der Waals surface area contributed by atoms with Crippen LogP contribution in [0.3, 0.4) is 0 Å². The van der Waals surface area contributed by atoms with Crippen LogP contribution in [-0.2, 0) is 0 Å². The van der Waals surface area contributed by atoms with Crippen molar-refractivity contribution in [3.63, 3.8) is 0 Å². The van der Waals surface area contributed by atoms with Crippen LogP contribution in [0.5, 0.6) is 0 Å². The van der Waals surface area contributed by atoms with Crippen molar-refractivity contribution in [1.82, 2.24) is 5.32 Å². The molecule has 2 nitrogen and oxygen atoms in total. The fourth-order valence-corrected chi connectivity index (χ4v) is 1.48. The van der Waals surface area contributed by atoms with Gasteiger partial charge in [-0.1, -0.05) is 20.8 Å². The van der Waals surface area contributed by atoms with E-state index in [1.807, 2.05) is 6.92 Å². The van der Waals surface area contributed by atoms with Gasteiger partial charge in [0.05, 0.1) is 5.60 Å². The smallest absolute Gasteiger partial charge is 0.0632 e. The maximum absolute atomic E-state index is 10.2. The number of hydrogen-bond donors (Lipinski definition) is 2. The maximum Gasteiger partial charge on any atom is 0.0632 e. The first-order valence-corrected chi connectivity index (χ1v) is 6.39. The number of aliphatic hydroxyl groups is 1. The fraction of sp³-hybridized carbons (Fsp3) is 1.00. The predicted octanol–water partition coefficient (Wildman–Crippen LogP) is 3.34. The third-order valence-corrected chi connectivity index (χ3v) is 2.73. The summed E-state index contributed by atoms with van der Waals surface area (Å²) < 4.78 is 0. The van der Waals surface area contributed by atoms with Crippen LogP contribution in [0.4, 0.5) is 0 Å². The van der Waals surface area contributed by atoms with E-state index in [1.54, 1.807) is 0 Å². The van der Waals surface area contributed by atoms with Gasteiger partial charge < -0.3 is 10.4 Å². The van der Waals surface area contributed by atoms with E-state index in [0.717, 1.165) is 25.8 Å². The molecule has 0 saturated heterocycles. The summed E-state index contributed by atoms with van der Waals surface area (Å²) in [6, 6.07) is 0. The summed E-state index contributed by atoms with van der Waals surface area (Å²) in [5, 5.41) is 13.6. The molecule has 0 spiro atoms. The summed E-state index contributed by atoms with van der Waals surface area (Å²) in [5.41, 5.74) is -0.0902. The van der Waals surface area contributed by atoms with Crippen molar-refractivity contribution in [2.75, 3.05) is 6.54 Å². The molecule has 0 heterocycles. The molecule has 2 N–H and O–H groups in total. The molecule has 1 unspecified atom stereocenters. The Bertz CT molecular complexity index is 196. The minimum atomic E-state index is -0.536. The molecule has 0 rings (SSSR count). The molecule has 0 aromatic heterocycles. The zero-order valence-electron chi connectivity index (χ0n) is 12.3. The molecule has 0 fully saturated rings. The van der Waals surface area contributed by atoms with E-state index >= 15 is 0 Å². The Morgan fingerprint density at radius 2 is 1.31 bits per heavy atom. The van der Waals surface area contributed by atoms with Gasteiger partial charge in [-0.15, -0.1) is 0 Å². The molecule has 0 aliphatic heterocycles. The van der Waals surface area contributed by atoms with Crippen LogP contribution in [0.25, 0.3) is 0 Å². The van der Waals surface area contributed by atoms with Crippen LogP contribution < -0.4 is 5.32 Å². The summed E-state index contributed by atoms with van der Waals surface area (Å²) in [6.07, 6.45) is 2.76. The normalized spacial score (nSPS) is 17.2. The summed E-state index contributed by atoms with van der Waals surface area (Å²) >= 11 is 0. The Labute approximate surface area is 102 Å². The van der Waals surface area contributed by atoms with Gasteiger partial charge in [-0.05, 0) is 58.9 Å². The minimum absolute atomic E-state index is 0.139. The molecule has 0 aliphatic carbocycles. The lowest BCUT2D eigenvalue weighted by Gasteiger charge is -2.29. The average molecular weight is 229 g/mol. The summed E-state index contributed by atoms with van der Waals surface area (Å²) in [7, 11) is 0. The first-order valence-electron chi connectivity index (χ1n) is 6.39. The van der Waals surface area contributed by atoms with Gasteiger partial charge in [-0.2, -0.15) is 0 Å². The lowest BCUT2D eigenvalue weighted by Crippen LogP contribution is -2.40. The Morgan fingerprint density at radius 1 is 0.812 bits per heavy atom. The standard InChI is InChI=1S/C14H31NO/c1-12(2,3)8-9-14(7,16)10-11-15-13(4,5)6/h15-16H,8-11H2,1-7H3. The van der Waals surface area contributed by atoms with Crippen LogP contribution in [-0.4, -0.2) is 22.8 Å². The highest BCUT2D eigenvalue weighted by Gasteiger charge is 2.23. The molecule has 0 amide bonds. The van der Waals surface area contributed by atoms with Gasteiger partial charge in [0.25, 0.3) is 0 Å². The number of nitrogens with one attached hydrogen (secondary N) is 1. The predicted molar refractivity (Wildman–Crippen MR) is 71.7 cm³/mol. The Kier molecular flexibility index (Phi) is 5.48. The van der Waals surface area contributed by atoms with Gasteiger partial charge in [0.2, 0.25) is 0 Å². The van der Waals surface area contributed by atoms with Gasteiger partial charge in [-0.25, -0.2) is 0 Å². The van der Waals surface area contributed by atoms with Gasteiger partial charge in [0.15, 0.2) is 0 Å². The lowest BCUT2D eigenvalue weighted by atomic mass is 9.84. The zero-order chi connectivity index (χ0) is 13.0. The second kappa shape index (κ2) is 5.50. The third kappa shape index (κ3) is 10.4. The molecular formula is C14H31NO. The monoisotopic (exact) mass is 229 g/mol. The van der Waals surface area contributed by atoms with Crippen molar-refractivity contribution < 1.29 is 5.11 Å². The van der Waals surface area contributed by atoms with Crippen molar-refractivity contribution in [3.05, 3.63) is 0 Å². The van der Waals surface area contributed by atoms with Gasteiger partial charge in [0, 0.05) is 5.54 Å². The van der Waals surface area contributed by atoms with Crippen molar-refractivity contribution in [3.8, 4) is 0 Å². The summed E-state index contributed by atoms with van der Waals surface area (Å²) in [5.74, 6) is 0. The summed E-state index contributed by atoms with van der Waals surface area (Å²) in [4.78, 5) is 0. The van der Waals surface area contributed by atoms with Crippen molar-refractivity contribution in [1.29, 1.82) is 0 Å². The Morgan fingerprint density at radius 3 is 1.69 bits per heavy atom. The fourth-order valence-electron chi connectivity index (χ4n) is 1.48. The van der Waals surface area contributed by atoms with Crippen LogP contribution in [0.1, 0.15) is 67.7 Å². The molecule has 98 valence electrons. The van der Waals surface area contributed by atoms with Crippen LogP contribution in [0.15, 0.2) is 0 Å². The van der Waals surface area contributed by atoms with E-state index in [0.29, 0.717) is 5.41 Å². The molecule has 0 aliphatic rings. The first kappa shape index (κ1) is 15.9. The van der Waals surface area contributed by atoms with Gasteiger partial charge in [0.1, 0.15) is 0 Å². The van der Waals surface area contributed by atoms with Crippen molar-refractivity contribution in [2.45, 2.75) is 78.9 Å². The molecule has 0 aromatic rings. The zero-order valence-corrected chi connectivity index (χ0v) is 12.3. The highest BCUT2D eigenvalue weighted by Crippen LogP contribution is 2.27. The average Bonchev–Trinajstić information content (AvgIpc) is 1.97. The van der Waals surface area contributed by atoms with Crippen LogP contribution in [0, 0.1) is 5.41 Å². The Balaban J connectivity index is 3.88. The van der Waals surface area contributed by atoms with Crippen molar-refractivity contribution in [2.24, 2.45) is 5.41 Å². The molecule has 0 bridgehead atoms. The van der Waals surface area contributed by atoms with E-state index in [4.69, 9.17) is 0 Å². The molecule has 0 aromatic carbocycles. The van der Waals surface area contributed by atoms with Gasteiger partial charge >= 0.3 is 0 Å². The van der Waals surface area contributed by atoms with E-state index in [2.05, 4.69) is 46.9 Å². The van der Waals surface area contributed by atoms with Gasteiger partial charge in [-0.3, -0.25) is 0 Å². The molecular weight excluding hydrogens is 198 g/mol. The van der Waals surface area contributed by atoms with Crippen LogP contribution in [0.2, 0.25) is 0 Å².